The molecule has 0 aliphatic heterocycles. The molecule has 0 fully saturated rings. The van der Waals surface area contributed by atoms with Crippen LogP contribution in [0.2, 0.25) is 0 Å². The Kier molecular flexibility index (Phi) is 4.10. The molecule has 14 heavy (non-hydrogen) atoms. The summed E-state index contributed by atoms with van der Waals surface area (Å²) < 4.78 is 7.53. The van der Waals surface area contributed by atoms with Crippen LogP contribution >= 0.6 is 0 Å². The summed E-state index contributed by atoms with van der Waals surface area (Å²) in [6, 6.07) is 0. The molecule has 1 aromatic rings. The Morgan fingerprint density at radius 2 is 2.36 bits per heavy atom. The second-order valence-corrected chi connectivity index (χ2v) is 3.53. The van der Waals surface area contributed by atoms with Crippen molar-refractivity contribution < 1.29 is 4.74 Å². The van der Waals surface area contributed by atoms with E-state index in [1.807, 2.05) is 13.2 Å². The van der Waals surface area contributed by atoms with Crippen molar-refractivity contribution in [3.8, 4) is 0 Å². The molecule has 80 valence electrons. The van der Waals surface area contributed by atoms with Gasteiger partial charge in [0.1, 0.15) is 0 Å². The molecule has 0 saturated heterocycles. The molecule has 1 rings (SSSR count). The first-order valence-corrected chi connectivity index (χ1v) is 5.01. The van der Waals surface area contributed by atoms with Gasteiger partial charge < -0.3 is 10.5 Å². The van der Waals surface area contributed by atoms with Crippen LogP contribution in [-0.2, 0) is 11.8 Å². The van der Waals surface area contributed by atoms with E-state index in [0.29, 0.717) is 6.54 Å². The van der Waals surface area contributed by atoms with Crippen LogP contribution in [0, 0.1) is 0 Å². The molecule has 0 bridgehead atoms. The van der Waals surface area contributed by atoms with Gasteiger partial charge in [-0.25, -0.2) is 0 Å². The first-order valence-electron chi connectivity index (χ1n) is 5.01. The quantitative estimate of drug-likeness (QED) is 0.772. The number of aryl methyl sites for hydroxylation is 1. The van der Waals surface area contributed by atoms with E-state index < -0.39 is 0 Å². The molecule has 4 heteroatoms. The van der Waals surface area contributed by atoms with Crippen molar-refractivity contribution in [1.82, 2.24) is 9.78 Å². The molecule has 4 nitrogen and oxygen atoms in total. The van der Waals surface area contributed by atoms with Crippen LogP contribution in [0.3, 0.4) is 0 Å². The van der Waals surface area contributed by atoms with Gasteiger partial charge in [-0.2, -0.15) is 5.10 Å². The van der Waals surface area contributed by atoms with Gasteiger partial charge in [0.2, 0.25) is 0 Å². The van der Waals surface area contributed by atoms with Crippen molar-refractivity contribution in [3.05, 3.63) is 18.0 Å². The standard InChI is InChI=1S/C10H19N3O/c1-4-8(2)14-10(5-11)9-6-12-13(3)7-9/h6-8,10H,4-5,11H2,1-3H3. The van der Waals surface area contributed by atoms with Gasteiger partial charge >= 0.3 is 0 Å². The molecule has 0 saturated carbocycles. The minimum Gasteiger partial charge on any atom is -0.369 e. The summed E-state index contributed by atoms with van der Waals surface area (Å²) in [5.74, 6) is 0. The van der Waals surface area contributed by atoms with Gasteiger partial charge in [-0.05, 0) is 13.3 Å². The zero-order valence-electron chi connectivity index (χ0n) is 9.10. The third-order valence-electron chi connectivity index (χ3n) is 2.28. The van der Waals surface area contributed by atoms with Gasteiger partial charge in [0.25, 0.3) is 0 Å². The molecule has 0 aromatic carbocycles. The highest BCUT2D eigenvalue weighted by molar-refractivity contribution is 5.08. The zero-order chi connectivity index (χ0) is 10.6. The zero-order valence-corrected chi connectivity index (χ0v) is 9.10. The van der Waals surface area contributed by atoms with Crippen molar-refractivity contribution in [2.75, 3.05) is 6.54 Å². The van der Waals surface area contributed by atoms with E-state index in [-0.39, 0.29) is 12.2 Å². The number of hydrogen-bond acceptors (Lipinski definition) is 3. The van der Waals surface area contributed by atoms with E-state index in [1.54, 1.807) is 10.9 Å². The van der Waals surface area contributed by atoms with E-state index in [2.05, 4.69) is 18.9 Å². The van der Waals surface area contributed by atoms with Crippen molar-refractivity contribution in [2.24, 2.45) is 12.8 Å². The second kappa shape index (κ2) is 5.12. The normalized spacial score (nSPS) is 15.4. The molecule has 0 radical (unpaired) electrons. The van der Waals surface area contributed by atoms with Crippen LogP contribution < -0.4 is 5.73 Å². The number of ether oxygens (including phenoxy) is 1. The lowest BCUT2D eigenvalue weighted by molar-refractivity contribution is -0.0000594. The van der Waals surface area contributed by atoms with E-state index in [0.717, 1.165) is 12.0 Å². The van der Waals surface area contributed by atoms with Crippen molar-refractivity contribution in [2.45, 2.75) is 32.5 Å². The average Bonchev–Trinajstić information content (AvgIpc) is 2.60. The number of hydrogen-bond donors (Lipinski definition) is 1. The van der Waals surface area contributed by atoms with Crippen LogP contribution in [0.1, 0.15) is 31.9 Å². The first-order chi connectivity index (χ1) is 6.67. The summed E-state index contributed by atoms with van der Waals surface area (Å²) in [7, 11) is 1.89. The summed E-state index contributed by atoms with van der Waals surface area (Å²) in [6.07, 6.45) is 4.96. The van der Waals surface area contributed by atoms with Crippen LogP contribution in [0.15, 0.2) is 12.4 Å². The summed E-state index contributed by atoms with van der Waals surface area (Å²) >= 11 is 0. The molecule has 0 amide bonds. The minimum absolute atomic E-state index is 0.0290. The van der Waals surface area contributed by atoms with Crippen LogP contribution in [0.25, 0.3) is 0 Å². The Balaban J connectivity index is 2.62. The van der Waals surface area contributed by atoms with Crippen LogP contribution in [-0.4, -0.2) is 22.4 Å². The van der Waals surface area contributed by atoms with Gasteiger partial charge in [-0.3, -0.25) is 4.68 Å². The van der Waals surface area contributed by atoms with Gasteiger partial charge in [0.15, 0.2) is 0 Å². The fraction of sp³-hybridized carbons (Fsp3) is 0.700. The highest BCUT2D eigenvalue weighted by Gasteiger charge is 2.14. The van der Waals surface area contributed by atoms with Crippen molar-refractivity contribution in [3.63, 3.8) is 0 Å². The molecule has 0 aliphatic carbocycles. The van der Waals surface area contributed by atoms with Gasteiger partial charge in [0.05, 0.1) is 18.4 Å². The minimum atomic E-state index is -0.0290. The Bertz CT molecular complexity index is 272. The molecular formula is C10H19N3O. The molecule has 0 spiro atoms. The van der Waals surface area contributed by atoms with E-state index in [1.165, 1.54) is 0 Å². The molecular weight excluding hydrogens is 178 g/mol. The third-order valence-corrected chi connectivity index (χ3v) is 2.28. The monoisotopic (exact) mass is 197 g/mol. The van der Waals surface area contributed by atoms with Crippen LogP contribution in [0.5, 0.6) is 0 Å². The summed E-state index contributed by atoms with van der Waals surface area (Å²) in [6.45, 7) is 4.65. The lowest BCUT2D eigenvalue weighted by Crippen LogP contribution is -2.20. The molecule has 2 N–H and O–H groups in total. The van der Waals surface area contributed by atoms with Crippen molar-refractivity contribution in [1.29, 1.82) is 0 Å². The average molecular weight is 197 g/mol. The van der Waals surface area contributed by atoms with E-state index in [4.69, 9.17) is 10.5 Å². The van der Waals surface area contributed by atoms with Crippen LogP contribution in [0.4, 0.5) is 0 Å². The number of nitrogens with zero attached hydrogens (tertiary/aromatic N) is 2. The fourth-order valence-electron chi connectivity index (χ4n) is 1.25. The maximum absolute atomic E-state index is 5.77. The molecule has 1 heterocycles. The molecule has 1 aromatic heterocycles. The second-order valence-electron chi connectivity index (χ2n) is 3.53. The number of nitrogens with two attached hydrogens (primary N) is 1. The smallest absolute Gasteiger partial charge is 0.0980 e. The first kappa shape index (κ1) is 11.2. The Labute approximate surface area is 85.0 Å². The number of rotatable bonds is 5. The maximum atomic E-state index is 5.77. The lowest BCUT2D eigenvalue weighted by atomic mass is 10.2. The van der Waals surface area contributed by atoms with Gasteiger partial charge in [-0.15, -0.1) is 0 Å². The van der Waals surface area contributed by atoms with Gasteiger partial charge in [0, 0.05) is 25.4 Å². The Hall–Kier alpha value is -0.870. The molecule has 0 aliphatic rings. The fourth-order valence-corrected chi connectivity index (χ4v) is 1.25. The molecule has 2 unspecified atom stereocenters. The van der Waals surface area contributed by atoms with Gasteiger partial charge in [-0.1, -0.05) is 6.92 Å². The predicted octanol–water partition coefficient (Wildman–Crippen LogP) is 1.23. The summed E-state index contributed by atoms with van der Waals surface area (Å²) in [5.41, 5.74) is 6.71. The number of aromatic nitrogens is 2. The predicted molar refractivity (Wildman–Crippen MR) is 55.8 cm³/mol. The highest BCUT2D eigenvalue weighted by Crippen LogP contribution is 2.17. The third kappa shape index (κ3) is 2.82. The maximum Gasteiger partial charge on any atom is 0.0980 e. The van der Waals surface area contributed by atoms with E-state index >= 15 is 0 Å². The largest absolute Gasteiger partial charge is 0.369 e. The highest BCUT2D eigenvalue weighted by atomic mass is 16.5. The Morgan fingerprint density at radius 3 is 2.79 bits per heavy atom. The molecule has 2 atom stereocenters. The van der Waals surface area contributed by atoms with Crippen molar-refractivity contribution >= 4 is 0 Å². The Morgan fingerprint density at radius 1 is 1.64 bits per heavy atom. The summed E-state index contributed by atoms with van der Waals surface area (Å²) in [4.78, 5) is 0. The SMILES string of the molecule is CCC(C)OC(CN)c1cnn(C)c1. The van der Waals surface area contributed by atoms with E-state index in [9.17, 15) is 0 Å². The topological polar surface area (TPSA) is 53.1 Å². The lowest BCUT2D eigenvalue weighted by Gasteiger charge is -2.19. The summed E-state index contributed by atoms with van der Waals surface area (Å²) in [5, 5.41) is 4.10.